The van der Waals surface area contributed by atoms with Gasteiger partial charge in [0.15, 0.2) is 0 Å². The highest BCUT2D eigenvalue weighted by Gasteiger charge is 2.39. The van der Waals surface area contributed by atoms with Crippen molar-refractivity contribution >= 4 is 41.0 Å². The molecule has 0 unspecified atom stereocenters. The van der Waals surface area contributed by atoms with E-state index < -0.39 is 17.8 Å². The summed E-state index contributed by atoms with van der Waals surface area (Å²) < 4.78 is 0. The van der Waals surface area contributed by atoms with E-state index in [1.54, 1.807) is 6.08 Å². The smallest absolute Gasteiger partial charge is 0.310 e. The van der Waals surface area contributed by atoms with Crippen LogP contribution in [0.5, 0.6) is 0 Å². The average Bonchev–Trinajstić information content (AvgIpc) is 2.93. The second-order valence-electron chi connectivity index (χ2n) is 10.5. The van der Waals surface area contributed by atoms with Gasteiger partial charge in [0, 0.05) is 25.2 Å². The normalized spacial score (nSPS) is 16.5. The van der Waals surface area contributed by atoms with Crippen LogP contribution >= 0.6 is 0 Å². The lowest BCUT2D eigenvalue weighted by Gasteiger charge is -2.42. The lowest BCUT2D eigenvalue weighted by molar-refractivity contribution is -0.134. The van der Waals surface area contributed by atoms with E-state index in [-0.39, 0.29) is 11.0 Å². The number of barbiturate groups is 1. The van der Waals surface area contributed by atoms with Crippen LogP contribution in [0.25, 0.3) is 6.08 Å². The number of carbonyl (C=O) groups is 3. The van der Waals surface area contributed by atoms with Gasteiger partial charge in [-0.25, -0.2) is 4.79 Å². The van der Waals surface area contributed by atoms with E-state index in [1.807, 2.05) is 0 Å². The average molecular weight is 508 g/mol. The number of aryl methyl sites for hydroxylation is 2. The van der Waals surface area contributed by atoms with Crippen LogP contribution in [0.15, 0.2) is 66.2 Å². The van der Waals surface area contributed by atoms with Gasteiger partial charge in [0.2, 0.25) is 0 Å². The Morgan fingerprint density at radius 2 is 1.21 bits per heavy atom. The number of amides is 4. The van der Waals surface area contributed by atoms with Crippen LogP contribution in [-0.4, -0.2) is 41.7 Å². The molecule has 2 aliphatic rings. The zero-order valence-electron chi connectivity index (χ0n) is 22.8. The summed E-state index contributed by atoms with van der Waals surface area (Å²) in [6.07, 6.45) is 3.12. The Bertz CT molecular complexity index is 1440. The van der Waals surface area contributed by atoms with Crippen molar-refractivity contribution in [3.05, 3.63) is 94.1 Å². The Morgan fingerprint density at radius 1 is 0.711 bits per heavy atom. The highest BCUT2D eigenvalue weighted by molar-refractivity contribution is 6.30. The second-order valence-corrected chi connectivity index (χ2v) is 10.5. The molecule has 0 bridgehead atoms. The summed E-state index contributed by atoms with van der Waals surface area (Å²) in [4.78, 5) is 42.3. The van der Waals surface area contributed by atoms with Gasteiger partial charge >= 0.3 is 6.03 Å². The van der Waals surface area contributed by atoms with Gasteiger partial charge in [0.25, 0.3) is 11.8 Å². The predicted molar refractivity (Wildman–Crippen MR) is 151 cm³/mol. The molecule has 0 aliphatic carbocycles. The van der Waals surface area contributed by atoms with Crippen LogP contribution in [0.1, 0.15) is 55.5 Å². The molecule has 194 valence electrons. The zero-order chi connectivity index (χ0) is 27.4. The summed E-state index contributed by atoms with van der Waals surface area (Å²) in [7, 11) is 2.80. The summed E-state index contributed by atoms with van der Waals surface area (Å²) in [5.41, 5.74) is 8.71. The maximum absolute atomic E-state index is 12.9. The third-order valence-electron chi connectivity index (χ3n) is 7.92. The summed E-state index contributed by atoms with van der Waals surface area (Å²) >= 11 is 0. The number of likely N-dealkylation sites (N-methyl/N-ethyl adjacent to an activating group) is 2. The van der Waals surface area contributed by atoms with Crippen molar-refractivity contribution in [3.63, 3.8) is 0 Å². The number of hydrogen-bond donors (Lipinski definition) is 0. The van der Waals surface area contributed by atoms with Crippen LogP contribution in [0.4, 0.5) is 21.9 Å². The number of urea groups is 1. The monoisotopic (exact) mass is 507 g/mol. The Labute approximate surface area is 224 Å². The van der Waals surface area contributed by atoms with Gasteiger partial charge < -0.3 is 4.90 Å². The van der Waals surface area contributed by atoms with E-state index in [0.717, 1.165) is 50.0 Å². The van der Waals surface area contributed by atoms with E-state index >= 15 is 0 Å². The molecule has 6 nitrogen and oxygen atoms in total. The van der Waals surface area contributed by atoms with Gasteiger partial charge in [-0.2, -0.15) is 0 Å². The minimum Gasteiger partial charge on any atom is -0.310 e. The molecule has 1 saturated heterocycles. The van der Waals surface area contributed by atoms with Crippen LogP contribution in [0, 0.1) is 0 Å². The molecule has 1 fully saturated rings. The maximum atomic E-state index is 12.9. The zero-order valence-corrected chi connectivity index (χ0v) is 22.8. The van der Waals surface area contributed by atoms with Crippen molar-refractivity contribution in [1.29, 1.82) is 0 Å². The first-order chi connectivity index (χ1) is 18.1. The summed E-state index contributed by atoms with van der Waals surface area (Å²) in [6, 6.07) is 20.8. The molecule has 6 heteroatoms. The summed E-state index contributed by atoms with van der Waals surface area (Å²) in [5, 5.41) is 0. The molecule has 3 aromatic rings. The molecule has 0 saturated carbocycles. The number of imide groups is 2. The van der Waals surface area contributed by atoms with Crippen molar-refractivity contribution in [2.75, 3.05) is 19.0 Å². The largest absolute Gasteiger partial charge is 0.333 e. The van der Waals surface area contributed by atoms with Crippen molar-refractivity contribution < 1.29 is 14.4 Å². The fraction of sp³-hybridized carbons (Fsp3) is 0.281. The number of hydrogen-bond acceptors (Lipinski definition) is 4. The molecule has 0 atom stereocenters. The first-order valence-electron chi connectivity index (χ1n) is 13.1. The van der Waals surface area contributed by atoms with Crippen LogP contribution < -0.4 is 4.90 Å². The Balaban J connectivity index is 1.72. The lowest BCUT2D eigenvalue weighted by atomic mass is 9.73. The first kappa shape index (κ1) is 25.5. The number of para-hydroxylation sites is 2. The van der Waals surface area contributed by atoms with E-state index in [4.69, 9.17) is 0 Å². The number of fused-ring (bicyclic) bond motifs is 2. The molecule has 2 heterocycles. The number of nitrogens with zero attached hydrogens (tertiary/aromatic N) is 3. The quantitative estimate of drug-likeness (QED) is 0.305. The van der Waals surface area contributed by atoms with Crippen molar-refractivity contribution in [2.45, 2.75) is 46.0 Å². The molecule has 38 heavy (non-hydrogen) atoms. The molecule has 5 rings (SSSR count). The Hall–Kier alpha value is -4.19. The minimum atomic E-state index is -0.622. The Kier molecular flexibility index (Phi) is 6.22. The minimum absolute atomic E-state index is 0.00508. The molecule has 0 radical (unpaired) electrons. The standard InChI is InChI=1S/C32H33N3O3/c1-7-20-19-28(21(8-2)17-22(20)18-23-29(36)33(5)31(38)34(6)30(23)37)35-26-15-11-9-13-24(26)32(3,4)25-14-10-12-16-27(25)35/h9-19H,7-8H2,1-6H3. The number of anilines is 3. The fourth-order valence-corrected chi connectivity index (χ4v) is 5.69. The van der Waals surface area contributed by atoms with E-state index in [2.05, 4.69) is 93.3 Å². The van der Waals surface area contributed by atoms with Gasteiger partial charge in [0.1, 0.15) is 5.57 Å². The van der Waals surface area contributed by atoms with Crippen LogP contribution in [0.2, 0.25) is 0 Å². The van der Waals surface area contributed by atoms with Crippen LogP contribution in [0.3, 0.4) is 0 Å². The van der Waals surface area contributed by atoms with E-state index in [1.165, 1.54) is 25.2 Å². The summed E-state index contributed by atoms with van der Waals surface area (Å²) in [6.45, 7) is 8.73. The molecule has 2 aliphatic heterocycles. The molecular weight excluding hydrogens is 474 g/mol. The van der Waals surface area contributed by atoms with E-state index in [0.29, 0.717) is 6.42 Å². The number of carbonyl (C=O) groups excluding carboxylic acids is 3. The molecule has 0 N–H and O–H groups in total. The number of benzene rings is 3. The number of rotatable bonds is 4. The predicted octanol–water partition coefficient (Wildman–Crippen LogP) is 6.35. The van der Waals surface area contributed by atoms with Crippen LogP contribution in [-0.2, 0) is 27.8 Å². The summed E-state index contributed by atoms with van der Waals surface area (Å²) in [5.74, 6) is -1.16. The van der Waals surface area contributed by atoms with Gasteiger partial charge in [-0.3, -0.25) is 19.4 Å². The SMILES string of the molecule is CCc1cc(N2c3ccccc3C(C)(C)c3ccccc32)c(CC)cc1C=C1C(=O)N(C)C(=O)N(C)C1=O. The topological polar surface area (TPSA) is 60.9 Å². The van der Waals surface area contributed by atoms with Gasteiger partial charge in [-0.15, -0.1) is 0 Å². The first-order valence-corrected chi connectivity index (χ1v) is 13.1. The third kappa shape index (κ3) is 3.74. The van der Waals surface area contributed by atoms with Crippen molar-refractivity contribution in [1.82, 2.24) is 9.80 Å². The Morgan fingerprint density at radius 3 is 1.71 bits per heavy atom. The molecule has 0 aromatic heterocycles. The van der Waals surface area contributed by atoms with Crippen molar-refractivity contribution in [3.8, 4) is 0 Å². The maximum Gasteiger partial charge on any atom is 0.333 e. The highest BCUT2D eigenvalue weighted by atomic mass is 16.2. The second kappa shape index (κ2) is 9.28. The third-order valence-corrected chi connectivity index (χ3v) is 7.92. The van der Waals surface area contributed by atoms with Gasteiger partial charge in [-0.05, 0) is 71.0 Å². The molecule has 4 amide bonds. The fourth-order valence-electron chi connectivity index (χ4n) is 5.69. The van der Waals surface area contributed by atoms with Crippen molar-refractivity contribution in [2.24, 2.45) is 0 Å². The lowest BCUT2D eigenvalue weighted by Crippen LogP contribution is -2.52. The molecular formula is C32H33N3O3. The van der Waals surface area contributed by atoms with Gasteiger partial charge in [0.05, 0.1) is 11.4 Å². The molecule has 0 spiro atoms. The van der Waals surface area contributed by atoms with Gasteiger partial charge in [-0.1, -0.05) is 64.1 Å². The highest BCUT2D eigenvalue weighted by Crippen LogP contribution is 2.52. The molecule has 3 aromatic carbocycles. The van der Waals surface area contributed by atoms with E-state index in [9.17, 15) is 14.4 Å².